The average molecular weight is 636 g/mol. The van der Waals surface area contributed by atoms with E-state index in [0.29, 0.717) is 41.2 Å². The summed E-state index contributed by atoms with van der Waals surface area (Å²) < 4.78 is 45.3. The van der Waals surface area contributed by atoms with Crippen molar-refractivity contribution in [3.05, 3.63) is 112 Å². The summed E-state index contributed by atoms with van der Waals surface area (Å²) in [5.74, 6) is -0.184. The van der Waals surface area contributed by atoms with Crippen molar-refractivity contribution in [1.29, 1.82) is 0 Å². The number of amides is 2. The van der Waals surface area contributed by atoms with Gasteiger partial charge in [-0.05, 0) is 81.5 Å². The molecule has 1 aliphatic heterocycles. The summed E-state index contributed by atoms with van der Waals surface area (Å²) in [6.45, 7) is 6.00. The molecule has 0 spiro atoms. The first-order chi connectivity index (χ1) is 21.9. The molecular formula is C34H36F3N5O4. The highest BCUT2D eigenvalue weighted by Crippen LogP contribution is 2.33. The number of nitrogens with zero attached hydrogens (tertiary/aromatic N) is 3. The smallest absolute Gasteiger partial charge is 0.416 e. The number of carbonyl (C=O) groups excluding carboxylic acids is 2. The Balaban J connectivity index is 1.29. The van der Waals surface area contributed by atoms with E-state index in [2.05, 4.69) is 20.6 Å². The molecule has 2 aromatic carbocycles. The van der Waals surface area contributed by atoms with Gasteiger partial charge in [-0.15, -0.1) is 0 Å². The van der Waals surface area contributed by atoms with Crippen molar-refractivity contribution in [2.75, 3.05) is 6.54 Å². The van der Waals surface area contributed by atoms with Gasteiger partial charge in [0.1, 0.15) is 23.7 Å². The number of aromatic nitrogens is 2. The van der Waals surface area contributed by atoms with Crippen molar-refractivity contribution in [3.63, 3.8) is 0 Å². The summed E-state index contributed by atoms with van der Waals surface area (Å²) >= 11 is 0. The minimum Gasteiger partial charge on any atom is -0.508 e. The van der Waals surface area contributed by atoms with Crippen molar-refractivity contribution >= 4 is 11.8 Å². The van der Waals surface area contributed by atoms with Crippen LogP contribution in [0.25, 0.3) is 0 Å². The third kappa shape index (κ3) is 7.92. The molecule has 2 aromatic heterocycles. The molecular weight excluding hydrogens is 599 g/mol. The fourth-order valence-corrected chi connectivity index (χ4v) is 5.75. The largest absolute Gasteiger partial charge is 0.508 e. The fourth-order valence-electron chi connectivity index (χ4n) is 5.75. The van der Waals surface area contributed by atoms with E-state index in [1.807, 2.05) is 6.92 Å². The highest BCUT2D eigenvalue weighted by atomic mass is 19.4. The topological polar surface area (TPSA) is 121 Å². The number of pyridine rings is 1. The van der Waals surface area contributed by atoms with Crippen LogP contribution in [-0.4, -0.2) is 44.4 Å². The van der Waals surface area contributed by atoms with Crippen LogP contribution in [0.2, 0.25) is 0 Å². The van der Waals surface area contributed by atoms with Gasteiger partial charge in [0.25, 0.3) is 11.8 Å². The van der Waals surface area contributed by atoms with Crippen LogP contribution in [0.1, 0.15) is 93.1 Å². The number of hydrogen-bond acceptors (Lipinski definition) is 7. The van der Waals surface area contributed by atoms with Crippen LogP contribution in [0.5, 0.6) is 5.75 Å². The third-order valence-corrected chi connectivity index (χ3v) is 7.91. The number of nitrogens with one attached hydrogen (secondary N) is 2. The molecule has 12 heteroatoms. The molecule has 5 rings (SSSR count). The molecule has 3 heterocycles. The molecule has 3 atom stereocenters. The molecule has 0 saturated carbocycles. The number of likely N-dealkylation sites (tertiary alicyclic amines) is 1. The maximum Gasteiger partial charge on any atom is 0.416 e. The molecule has 9 nitrogen and oxygen atoms in total. The number of aromatic hydroxyl groups is 1. The van der Waals surface area contributed by atoms with E-state index in [-0.39, 0.29) is 29.9 Å². The van der Waals surface area contributed by atoms with Gasteiger partial charge in [0.15, 0.2) is 0 Å². The van der Waals surface area contributed by atoms with Crippen molar-refractivity contribution in [1.82, 2.24) is 25.5 Å². The van der Waals surface area contributed by atoms with Crippen LogP contribution < -0.4 is 10.6 Å². The number of carbonyl (C=O) groups is 2. The van der Waals surface area contributed by atoms with Crippen LogP contribution in [0.15, 0.2) is 71.3 Å². The van der Waals surface area contributed by atoms with Crippen molar-refractivity contribution in [3.8, 4) is 5.75 Å². The Labute approximate surface area is 264 Å². The normalized spacial score (nSPS) is 16.3. The molecule has 242 valence electrons. The predicted molar refractivity (Wildman–Crippen MR) is 164 cm³/mol. The van der Waals surface area contributed by atoms with Crippen LogP contribution in [0.4, 0.5) is 13.2 Å². The van der Waals surface area contributed by atoms with Crippen molar-refractivity contribution in [2.24, 2.45) is 0 Å². The molecule has 0 aliphatic carbocycles. The van der Waals surface area contributed by atoms with E-state index < -0.39 is 29.7 Å². The second kappa shape index (κ2) is 13.7. The number of aryl methyl sites for hydroxylation is 2. The molecule has 0 bridgehead atoms. The Hall–Kier alpha value is -4.71. The highest BCUT2D eigenvalue weighted by molar-refractivity contribution is 5.99. The summed E-state index contributed by atoms with van der Waals surface area (Å²) in [4.78, 5) is 37.5. The molecule has 3 N–H and O–H groups in total. The van der Waals surface area contributed by atoms with Gasteiger partial charge in [0.2, 0.25) is 5.89 Å². The zero-order chi connectivity index (χ0) is 33.0. The van der Waals surface area contributed by atoms with E-state index >= 15 is 0 Å². The van der Waals surface area contributed by atoms with Gasteiger partial charge >= 0.3 is 6.18 Å². The average Bonchev–Trinajstić information content (AvgIpc) is 3.67. The van der Waals surface area contributed by atoms with E-state index in [1.165, 1.54) is 18.2 Å². The van der Waals surface area contributed by atoms with Gasteiger partial charge in [0.05, 0.1) is 11.3 Å². The Morgan fingerprint density at radius 3 is 2.57 bits per heavy atom. The first-order valence-electron chi connectivity index (χ1n) is 15.1. The first-order valence-corrected chi connectivity index (χ1v) is 15.1. The summed E-state index contributed by atoms with van der Waals surface area (Å²) in [6, 6.07) is 13.6. The van der Waals surface area contributed by atoms with Gasteiger partial charge in [0, 0.05) is 36.4 Å². The number of halogens is 3. The molecule has 1 unspecified atom stereocenters. The predicted octanol–water partition coefficient (Wildman–Crippen LogP) is 6.43. The van der Waals surface area contributed by atoms with Crippen LogP contribution in [0, 0.1) is 13.8 Å². The Kier molecular flexibility index (Phi) is 9.76. The minimum absolute atomic E-state index is 0.0411. The summed E-state index contributed by atoms with van der Waals surface area (Å²) in [6.07, 6.45) is -1.03. The molecule has 46 heavy (non-hydrogen) atoms. The summed E-state index contributed by atoms with van der Waals surface area (Å²) in [7, 11) is 0. The van der Waals surface area contributed by atoms with Crippen LogP contribution in [-0.2, 0) is 12.7 Å². The summed E-state index contributed by atoms with van der Waals surface area (Å²) in [5.41, 5.74) is 2.07. The molecule has 2 amide bonds. The molecule has 1 aliphatic rings. The van der Waals surface area contributed by atoms with E-state index in [1.54, 1.807) is 55.3 Å². The Morgan fingerprint density at radius 1 is 1.07 bits per heavy atom. The third-order valence-electron chi connectivity index (χ3n) is 7.91. The van der Waals surface area contributed by atoms with Gasteiger partial charge in [-0.1, -0.05) is 30.3 Å². The summed E-state index contributed by atoms with van der Waals surface area (Å²) in [5, 5.41) is 16.3. The quantitative estimate of drug-likeness (QED) is 0.184. The zero-order valence-corrected chi connectivity index (χ0v) is 25.8. The van der Waals surface area contributed by atoms with E-state index in [9.17, 15) is 27.9 Å². The maximum atomic E-state index is 13.6. The number of rotatable bonds is 10. The number of phenols is 1. The Bertz CT molecular complexity index is 1710. The van der Waals surface area contributed by atoms with Crippen LogP contribution in [0.3, 0.4) is 0 Å². The van der Waals surface area contributed by atoms with Gasteiger partial charge in [-0.25, -0.2) is 9.97 Å². The number of alkyl halides is 3. The SMILES string of the molecule is Cc1cc(C(=O)N2CCC[C@@H]2c2nc(C)co2)cc(C(=O)N[C@@H](C)CC(NCc2cccc(C(F)(F)F)c2)c2cccc(O)c2)n1. The maximum absolute atomic E-state index is 13.6. The van der Waals surface area contributed by atoms with Gasteiger partial charge in [-0.2, -0.15) is 13.2 Å². The lowest BCUT2D eigenvalue weighted by molar-refractivity contribution is -0.137. The monoisotopic (exact) mass is 635 g/mol. The molecule has 1 saturated heterocycles. The second-order valence-electron chi connectivity index (χ2n) is 11.7. The molecule has 1 fully saturated rings. The lowest BCUT2D eigenvalue weighted by Crippen LogP contribution is -2.37. The van der Waals surface area contributed by atoms with Gasteiger partial charge < -0.3 is 25.1 Å². The number of hydrogen-bond donors (Lipinski definition) is 3. The van der Waals surface area contributed by atoms with Crippen molar-refractivity contribution < 1.29 is 32.3 Å². The number of phenolic OH excluding ortho intramolecular Hbond substituents is 1. The zero-order valence-electron chi connectivity index (χ0n) is 25.8. The van der Waals surface area contributed by atoms with Gasteiger partial charge in [-0.3, -0.25) is 9.59 Å². The minimum atomic E-state index is -4.46. The number of benzene rings is 2. The first kappa shape index (κ1) is 32.7. The highest BCUT2D eigenvalue weighted by Gasteiger charge is 2.34. The van der Waals surface area contributed by atoms with E-state index in [4.69, 9.17) is 4.42 Å². The van der Waals surface area contributed by atoms with E-state index in [0.717, 1.165) is 30.7 Å². The Morgan fingerprint density at radius 2 is 1.85 bits per heavy atom. The number of oxazole rings is 1. The van der Waals surface area contributed by atoms with Crippen LogP contribution >= 0.6 is 0 Å². The second-order valence-corrected chi connectivity index (χ2v) is 11.7. The van der Waals surface area contributed by atoms with Crippen molar-refractivity contribution in [2.45, 2.75) is 70.9 Å². The molecule has 4 aromatic rings. The lowest BCUT2D eigenvalue weighted by Gasteiger charge is -2.24. The molecule has 0 radical (unpaired) electrons. The fraction of sp³-hybridized carbons (Fsp3) is 0.353. The lowest BCUT2D eigenvalue weighted by atomic mass is 9.98. The standard InChI is InChI=1S/C34H36F3N5O4/c1-20-13-25(33(45)42-12-6-11-30(42)32-41-22(3)19-46-32)17-29(39-20)31(44)40-21(2)14-28(24-8-5-10-27(43)16-24)38-18-23-7-4-9-26(15-23)34(35,36)37/h4-5,7-10,13,15-17,19,21,28,30,38,43H,6,11-12,14,18H2,1-3H3,(H,40,44)/t21-,28?,30+/m0/s1.